The van der Waals surface area contributed by atoms with Gasteiger partial charge in [-0.1, -0.05) is 224 Å². The van der Waals surface area contributed by atoms with E-state index in [0.29, 0.717) is 27.8 Å². The van der Waals surface area contributed by atoms with Gasteiger partial charge >= 0.3 is 0 Å². The Balaban J connectivity index is 1.71. The molecule has 0 fully saturated rings. The number of carbonyl (C=O) groups is 1. The Morgan fingerprint density at radius 2 is 0.875 bits per heavy atom. The summed E-state index contributed by atoms with van der Waals surface area (Å²) in [6, 6.07) is 67.9. The van der Waals surface area contributed by atoms with E-state index < -0.39 is 11.0 Å². The normalized spacial score (nSPS) is 12.8. The zero-order valence-corrected chi connectivity index (χ0v) is 31.1. The van der Waals surface area contributed by atoms with E-state index in [2.05, 4.69) is 35.8 Å². The van der Waals surface area contributed by atoms with Gasteiger partial charge in [-0.05, 0) is 58.5 Å². The standard InChI is InChI=1S/C54H40O2/c1-42(44-27-11-3-12-28-44)24-23-40-53(47-33-17-6-18-34-47,48-35-19-7-20-36-48)50(45-29-13-4-14-30-45)51(52(55)46-31-15-5-16-32-46)54(56,49-37-21-8-22-38-49)41-39-43-25-9-2-10-26-43/h2-22,24-38,56H,1H3/b42-24+,51-50?. The summed E-state index contributed by atoms with van der Waals surface area (Å²) in [5.74, 6) is 13.4. The topological polar surface area (TPSA) is 37.3 Å². The molecule has 0 amide bonds. The lowest BCUT2D eigenvalue weighted by Gasteiger charge is -2.38. The molecule has 1 N–H and O–H groups in total. The van der Waals surface area contributed by atoms with E-state index in [1.807, 2.05) is 201 Å². The van der Waals surface area contributed by atoms with Crippen LogP contribution in [0.1, 0.15) is 50.7 Å². The molecule has 0 aromatic heterocycles. The first kappa shape index (κ1) is 37.1. The van der Waals surface area contributed by atoms with Gasteiger partial charge in [0.2, 0.25) is 0 Å². The Hall–Kier alpha value is -7.23. The van der Waals surface area contributed by atoms with Crippen LogP contribution in [0.4, 0.5) is 0 Å². The SMILES string of the molecule is C/C(=C\C#CC(C(=C(C(=O)c1ccccc1)C(O)(C#Cc1ccccc1)c1ccccc1)c1ccccc1)(c1ccccc1)c1ccccc1)c1ccccc1. The Bertz CT molecular complexity index is 2530. The van der Waals surface area contributed by atoms with Crippen molar-refractivity contribution >= 4 is 16.9 Å². The molecule has 2 heteroatoms. The van der Waals surface area contributed by atoms with Crippen molar-refractivity contribution in [2.75, 3.05) is 0 Å². The summed E-state index contributed by atoms with van der Waals surface area (Å²) >= 11 is 0. The third-order valence-corrected chi connectivity index (χ3v) is 9.86. The van der Waals surface area contributed by atoms with E-state index in [9.17, 15) is 5.11 Å². The van der Waals surface area contributed by atoms with Crippen molar-refractivity contribution < 1.29 is 9.90 Å². The van der Waals surface area contributed by atoms with Gasteiger partial charge in [-0.15, -0.1) is 0 Å². The van der Waals surface area contributed by atoms with Crippen molar-refractivity contribution in [3.8, 4) is 23.7 Å². The number of ketones is 1. The predicted molar refractivity (Wildman–Crippen MR) is 229 cm³/mol. The molecule has 7 rings (SSSR count). The van der Waals surface area contributed by atoms with Gasteiger partial charge in [0.1, 0.15) is 5.41 Å². The van der Waals surface area contributed by atoms with Crippen LogP contribution in [0.25, 0.3) is 11.1 Å². The molecule has 2 nitrogen and oxygen atoms in total. The van der Waals surface area contributed by atoms with Crippen molar-refractivity contribution in [3.05, 3.63) is 263 Å². The fraction of sp³-hybridized carbons (Fsp3) is 0.0556. The number of benzene rings is 7. The van der Waals surface area contributed by atoms with E-state index in [1.54, 1.807) is 12.1 Å². The van der Waals surface area contributed by atoms with Crippen LogP contribution in [0.2, 0.25) is 0 Å². The first-order valence-corrected chi connectivity index (χ1v) is 18.6. The summed E-state index contributed by atoms with van der Waals surface area (Å²) in [6.07, 6.45) is 1.93. The van der Waals surface area contributed by atoms with Gasteiger partial charge in [-0.2, -0.15) is 0 Å². The van der Waals surface area contributed by atoms with Gasteiger partial charge < -0.3 is 5.11 Å². The summed E-state index contributed by atoms with van der Waals surface area (Å²) < 4.78 is 0. The first-order valence-electron chi connectivity index (χ1n) is 18.6. The monoisotopic (exact) mass is 720 g/mol. The molecule has 1 atom stereocenters. The highest BCUT2D eigenvalue weighted by Crippen LogP contribution is 2.50. The molecule has 0 radical (unpaired) electrons. The lowest BCUT2D eigenvalue weighted by molar-refractivity contribution is 0.0915. The number of allylic oxidation sites excluding steroid dienone is 3. The minimum atomic E-state index is -2.12. The van der Waals surface area contributed by atoms with Crippen LogP contribution < -0.4 is 0 Å². The maximum Gasteiger partial charge on any atom is 0.193 e. The maximum atomic E-state index is 15.7. The molecule has 0 aliphatic rings. The third kappa shape index (κ3) is 7.84. The molecule has 0 saturated heterocycles. The van der Waals surface area contributed by atoms with E-state index in [4.69, 9.17) is 0 Å². The van der Waals surface area contributed by atoms with Crippen molar-refractivity contribution in [1.82, 2.24) is 0 Å². The number of hydrogen-bond acceptors (Lipinski definition) is 2. The average molecular weight is 721 g/mol. The molecule has 7 aromatic carbocycles. The lowest BCUT2D eigenvalue weighted by Crippen LogP contribution is -2.38. The van der Waals surface area contributed by atoms with Crippen LogP contribution in [0, 0.1) is 23.7 Å². The van der Waals surface area contributed by atoms with Gasteiger partial charge in [-0.25, -0.2) is 0 Å². The molecule has 0 heterocycles. The second kappa shape index (κ2) is 17.3. The van der Waals surface area contributed by atoms with Crippen LogP contribution >= 0.6 is 0 Å². The summed E-state index contributed by atoms with van der Waals surface area (Å²) in [4.78, 5) is 15.7. The zero-order valence-electron chi connectivity index (χ0n) is 31.1. The number of aliphatic hydroxyl groups is 1. The Labute approximate surface area is 330 Å². The van der Waals surface area contributed by atoms with Crippen LogP contribution in [-0.2, 0) is 11.0 Å². The molecule has 56 heavy (non-hydrogen) atoms. The Morgan fingerprint density at radius 1 is 0.482 bits per heavy atom. The second-order valence-electron chi connectivity index (χ2n) is 13.4. The van der Waals surface area contributed by atoms with Crippen LogP contribution in [0.3, 0.4) is 0 Å². The van der Waals surface area contributed by atoms with E-state index in [0.717, 1.165) is 22.3 Å². The van der Waals surface area contributed by atoms with E-state index in [1.165, 1.54) is 0 Å². The lowest BCUT2D eigenvalue weighted by atomic mass is 9.63. The molecule has 1 unspecified atom stereocenters. The van der Waals surface area contributed by atoms with Gasteiger partial charge in [-0.3, -0.25) is 4.79 Å². The van der Waals surface area contributed by atoms with Gasteiger partial charge in [0.15, 0.2) is 11.4 Å². The van der Waals surface area contributed by atoms with Gasteiger partial charge in [0.05, 0.1) is 5.57 Å². The highest BCUT2D eigenvalue weighted by molar-refractivity contribution is 6.17. The van der Waals surface area contributed by atoms with Crippen molar-refractivity contribution in [2.24, 2.45) is 0 Å². The second-order valence-corrected chi connectivity index (χ2v) is 13.4. The Morgan fingerprint density at radius 3 is 1.36 bits per heavy atom. The minimum Gasteiger partial charge on any atom is -0.369 e. The van der Waals surface area contributed by atoms with Gasteiger partial charge in [0.25, 0.3) is 0 Å². The largest absolute Gasteiger partial charge is 0.369 e. The summed E-state index contributed by atoms with van der Waals surface area (Å²) in [5, 5.41) is 13.7. The minimum absolute atomic E-state index is 0.107. The molecular weight excluding hydrogens is 681 g/mol. The van der Waals surface area contributed by atoms with Gasteiger partial charge in [0, 0.05) is 16.7 Å². The molecule has 0 saturated carbocycles. The number of rotatable bonds is 9. The number of hydrogen-bond donors (Lipinski definition) is 1. The Kier molecular flexibility index (Phi) is 11.4. The van der Waals surface area contributed by atoms with Crippen molar-refractivity contribution in [3.63, 3.8) is 0 Å². The van der Waals surface area contributed by atoms with E-state index in [-0.39, 0.29) is 11.4 Å². The third-order valence-electron chi connectivity index (χ3n) is 9.86. The molecule has 268 valence electrons. The maximum absolute atomic E-state index is 15.7. The summed E-state index contributed by atoms with van der Waals surface area (Å²) in [5.41, 5.74) is 3.19. The molecule has 0 spiro atoms. The highest BCUT2D eigenvalue weighted by Gasteiger charge is 2.47. The highest BCUT2D eigenvalue weighted by atomic mass is 16.3. The average Bonchev–Trinajstić information content (AvgIpc) is 3.28. The quantitative estimate of drug-likeness (QED) is 0.0916. The predicted octanol–water partition coefficient (Wildman–Crippen LogP) is 11.4. The van der Waals surface area contributed by atoms with Crippen molar-refractivity contribution in [2.45, 2.75) is 17.9 Å². The van der Waals surface area contributed by atoms with E-state index >= 15 is 4.79 Å². The van der Waals surface area contributed by atoms with Crippen molar-refractivity contribution in [1.29, 1.82) is 0 Å². The molecule has 0 aliphatic heterocycles. The summed E-state index contributed by atoms with van der Waals surface area (Å²) in [6.45, 7) is 2.04. The fourth-order valence-corrected chi connectivity index (χ4v) is 7.06. The molecule has 7 aromatic rings. The molecule has 0 aliphatic carbocycles. The summed E-state index contributed by atoms with van der Waals surface area (Å²) in [7, 11) is 0. The smallest absolute Gasteiger partial charge is 0.193 e. The molecule has 0 bridgehead atoms. The number of carbonyl (C=O) groups excluding carboxylic acids is 1. The van der Waals surface area contributed by atoms with Crippen LogP contribution in [0.15, 0.2) is 224 Å². The first-order chi connectivity index (χ1) is 27.5. The fourth-order valence-electron chi connectivity index (χ4n) is 7.06. The number of Topliss-reactive ketones (excluding diaryl/α,β-unsaturated/α-hetero) is 1. The molecular formula is C54H40O2. The zero-order chi connectivity index (χ0) is 38.6. The van der Waals surface area contributed by atoms with Crippen LogP contribution in [0.5, 0.6) is 0 Å². The van der Waals surface area contributed by atoms with Crippen LogP contribution in [-0.4, -0.2) is 10.9 Å².